The molecule has 1 unspecified atom stereocenters. The third kappa shape index (κ3) is 3.39. The van der Waals surface area contributed by atoms with Crippen molar-refractivity contribution in [1.29, 1.82) is 0 Å². The molecule has 1 aliphatic rings. The summed E-state index contributed by atoms with van der Waals surface area (Å²) in [6, 6.07) is 3.26. The van der Waals surface area contributed by atoms with E-state index in [2.05, 4.69) is 16.8 Å². The summed E-state index contributed by atoms with van der Waals surface area (Å²) in [5.41, 5.74) is 5.89. The standard InChI is InChI=1S/C13H20N4O2S2/c1-3-16-6-7-17(9-10(16)2)21(18,19)11-4-5-12(13(14)20)15-8-11/h4-5,8,10H,3,6-7,9H2,1-2H3,(H2,14,20). The maximum Gasteiger partial charge on any atom is 0.244 e. The van der Waals surface area contributed by atoms with Gasteiger partial charge in [-0.25, -0.2) is 8.42 Å². The second-order valence-electron chi connectivity index (χ2n) is 5.08. The highest BCUT2D eigenvalue weighted by Gasteiger charge is 2.31. The monoisotopic (exact) mass is 328 g/mol. The van der Waals surface area contributed by atoms with E-state index in [1.54, 1.807) is 6.07 Å². The predicted molar refractivity (Wildman–Crippen MR) is 85.6 cm³/mol. The van der Waals surface area contributed by atoms with E-state index < -0.39 is 10.0 Å². The van der Waals surface area contributed by atoms with Gasteiger partial charge in [-0.2, -0.15) is 4.31 Å². The average Bonchev–Trinajstić information content (AvgIpc) is 2.47. The molecule has 0 radical (unpaired) electrons. The summed E-state index contributed by atoms with van der Waals surface area (Å²) >= 11 is 4.82. The predicted octanol–water partition coefficient (Wildman–Crippen LogP) is 0.431. The molecule has 21 heavy (non-hydrogen) atoms. The Morgan fingerprint density at radius 2 is 2.19 bits per heavy atom. The van der Waals surface area contributed by atoms with Crippen molar-refractivity contribution in [2.45, 2.75) is 24.8 Å². The van der Waals surface area contributed by atoms with Gasteiger partial charge in [0, 0.05) is 31.9 Å². The molecule has 2 rings (SSSR count). The van der Waals surface area contributed by atoms with E-state index in [0.29, 0.717) is 18.8 Å². The number of piperazine rings is 1. The quantitative estimate of drug-likeness (QED) is 0.808. The SMILES string of the molecule is CCN1CCN(S(=O)(=O)c2ccc(C(N)=S)nc2)CC1C. The first kappa shape index (κ1) is 16.3. The molecule has 1 fully saturated rings. The summed E-state index contributed by atoms with van der Waals surface area (Å²) in [6.07, 6.45) is 1.32. The Morgan fingerprint density at radius 3 is 2.67 bits per heavy atom. The molecule has 2 N–H and O–H groups in total. The fourth-order valence-electron chi connectivity index (χ4n) is 2.48. The van der Waals surface area contributed by atoms with E-state index in [1.807, 2.05) is 6.92 Å². The second-order valence-corrected chi connectivity index (χ2v) is 7.46. The number of nitrogens with zero attached hydrogens (tertiary/aromatic N) is 3. The molecule has 0 spiro atoms. The van der Waals surface area contributed by atoms with Crippen LogP contribution in [-0.2, 0) is 10.0 Å². The van der Waals surface area contributed by atoms with Crippen molar-refractivity contribution in [3.63, 3.8) is 0 Å². The molecule has 1 aromatic heterocycles. The molecular formula is C13H20N4O2S2. The molecule has 8 heteroatoms. The zero-order valence-corrected chi connectivity index (χ0v) is 13.8. The smallest absolute Gasteiger partial charge is 0.244 e. The number of aromatic nitrogens is 1. The van der Waals surface area contributed by atoms with Gasteiger partial charge in [0.25, 0.3) is 0 Å². The van der Waals surface area contributed by atoms with Gasteiger partial charge in [-0.05, 0) is 25.6 Å². The summed E-state index contributed by atoms with van der Waals surface area (Å²) < 4.78 is 26.7. The topological polar surface area (TPSA) is 79.5 Å². The molecule has 1 atom stereocenters. The molecule has 0 amide bonds. The molecule has 0 saturated carbocycles. The number of sulfonamides is 1. The van der Waals surface area contributed by atoms with Crippen LogP contribution in [0.25, 0.3) is 0 Å². The third-order valence-electron chi connectivity index (χ3n) is 3.76. The maximum atomic E-state index is 12.6. The summed E-state index contributed by atoms with van der Waals surface area (Å²) in [4.78, 5) is 6.61. The molecule has 1 aromatic rings. The van der Waals surface area contributed by atoms with Crippen molar-refractivity contribution in [2.24, 2.45) is 5.73 Å². The molecule has 116 valence electrons. The van der Waals surface area contributed by atoms with E-state index in [0.717, 1.165) is 13.1 Å². The third-order valence-corrected chi connectivity index (χ3v) is 5.82. The fraction of sp³-hybridized carbons (Fsp3) is 0.538. The van der Waals surface area contributed by atoms with Crippen LogP contribution >= 0.6 is 12.2 Å². The minimum Gasteiger partial charge on any atom is -0.388 e. The van der Waals surface area contributed by atoms with Crippen LogP contribution in [0, 0.1) is 0 Å². The number of rotatable bonds is 4. The second kappa shape index (κ2) is 6.35. The van der Waals surface area contributed by atoms with Gasteiger partial charge in [-0.1, -0.05) is 19.1 Å². The lowest BCUT2D eigenvalue weighted by molar-refractivity contribution is 0.135. The average molecular weight is 328 g/mol. The van der Waals surface area contributed by atoms with Crippen molar-refractivity contribution in [3.8, 4) is 0 Å². The van der Waals surface area contributed by atoms with Crippen LogP contribution in [0.1, 0.15) is 19.5 Å². The minimum atomic E-state index is -3.51. The van der Waals surface area contributed by atoms with Crippen molar-refractivity contribution in [3.05, 3.63) is 24.0 Å². The van der Waals surface area contributed by atoms with Gasteiger partial charge < -0.3 is 5.73 Å². The Bertz CT molecular complexity index is 616. The number of thiocarbonyl (C=S) groups is 1. The molecule has 6 nitrogen and oxygen atoms in total. The molecule has 0 aromatic carbocycles. The highest BCUT2D eigenvalue weighted by Crippen LogP contribution is 2.19. The van der Waals surface area contributed by atoms with Gasteiger partial charge in [0.1, 0.15) is 9.88 Å². The van der Waals surface area contributed by atoms with Crippen LogP contribution in [0.4, 0.5) is 0 Å². The van der Waals surface area contributed by atoms with E-state index in [4.69, 9.17) is 18.0 Å². The summed E-state index contributed by atoms with van der Waals surface area (Å²) in [5, 5.41) is 0. The molecule has 1 aliphatic heterocycles. The number of nitrogens with two attached hydrogens (primary N) is 1. The molecule has 0 aliphatic carbocycles. The van der Waals surface area contributed by atoms with Gasteiger partial charge in [-0.3, -0.25) is 9.88 Å². The van der Waals surface area contributed by atoms with Crippen molar-refractivity contribution in [2.75, 3.05) is 26.2 Å². The summed E-state index contributed by atoms with van der Waals surface area (Å²) in [5.74, 6) is 0. The number of pyridine rings is 1. The lowest BCUT2D eigenvalue weighted by Gasteiger charge is -2.38. The Hall–Kier alpha value is -1.09. The molecule has 2 heterocycles. The van der Waals surface area contributed by atoms with Crippen molar-refractivity contribution in [1.82, 2.24) is 14.2 Å². The van der Waals surface area contributed by atoms with Crippen LogP contribution < -0.4 is 5.73 Å². The largest absolute Gasteiger partial charge is 0.388 e. The van der Waals surface area contributed by atoms with Crippen molar-refractivity contribution >= 4 is 27.2 Å². The Morgan fingerprint density at radius 1 is 1.48 bits per heavy atom. The van der Waals surface area contributed by atoms with Crippen LogP contribution in [0.5, 0.6) is 0 Å². The highest BCUT2D eigenvalue weighted by molar-refractivity contribution is 7.89. The fourth-order valence-corrected chi connectivity index (χ4v) is 4.06. The summed E-state index contributed by atoms with van der Waals surface area (Å²) in [6.45, 7) is 6.79. The van der Waals surface area contributed by atoms with Crippen LogP contribution in [0.3, 0.4) is 0 Å². The Labute approximate surface area is 131 Å². The highest BCUT2D eigenvalue weighted by atomic mass is 32.2. The van der Waals surface area contributed by atoms with Gasteiger partial charge in [0.2, 0.25) is 10.0 Å². The molecular weight excluding hydrogens is 308 g/mol. The minimum absolute atomic E-state index is 0.157. The first-order chi connectivity index (χ1) is 9.86. The van der Waals surface area contributed by atoms with Crippen LogP contribution in [0.2, 0.25) is 0 Å². The van der Waals surface area contributed by atoms with Gasteiger partial charge in [0.15, 0.2) is 0 Å². The zero-order chi connectivity index (χ0) is 15.6. The van der Waals surface area contributed by atoms with Gasteiger partial charge in [0.05, 0.1) is 5.69 Å². The van der Waals surface area contributed by atoms with Gasteiger partial charge >= 0.3 is 0 Å². The number of hydrogen-bond acceptors (Lipinski definition) is 5. The van der Waals surface area contributed by atoms with E-state index in [9.17, 15) is 8.42 Å². The molecule has 0 bridgehead atoms. The van der Waals surface area contributed by atoms with E-state index in [-0.39, 0.29) is 15.9 Å². The van der Waals surface area contributed by atoms with Crippen LogP contribution in [0.15, 0.2) is 23.2 Å². The van der Waals surface area contributed by atoms with Gasteiger partial charge in [-0.15, -0.1) is 0 Å². The number of hydrogen-bond donors (Lipinski definition) is 1. The first-order valence-electron chi connectivity index (χ1n) is 6.86. The Kier molecular flexibility index (Phi) is 4.92. The normalized spacial score (nSPS) is 21.3. The lowest BCUT2D eigenvalue weighted by Crippen LogP contribution is -2.53. The molecule has 1 saturated heterocycles. The number of likely N-dealkylation sites (N-methyl/N-ethyl adjacent to an activating group) is 1. The van der Waals surface area contributed by atoms with Crippen LogP contribution in [-0.4, -0.2) is 59.8 Å². The summed E-state index contributed by atoms with van der Waals surface area (Å²) in [7, 11) is -3.51. The lowest BCUT2D eigenvalue weighted by atomic mass is 10.2. The zero-order valence-electron chi connectivity index (χ0n) is 12.2. The van der Waals surface area contributed by atoms with Crippen molar-refractivity contribution < 1.29 is 8.42 Å². The maximum absolute atomic E-state index is 12.6. The van der Waals surface area contributed by atoms with E-state index in [1.165, 1.54) is 16.6 Å². The Balaban J connectivity index is 2.20. The van der Waals surface area contributed by atoms with E-state index >= 15 is 0 Å². The first-order valence-corrected chi connectivity index (χ1v) is 8.71.